The van der Waals surface area contributed by atoms with Gasteiger partial charge < -0.3 is 14.5 Å². The summed E-state index contributed by atoms with van der Waals surface area (Å²) in [5.74, 6) is 0.372. The Kier molecular flexibility index (Phi) is 5.45. The summed E-state index contributed by atoms with van der Waals surface area (Å²) in [4.78, 5) is 12.5. The molecule has 1 unspecified atom stereocenters. The van der Waals surface area contributed by atoms with Crippen molar-refractivity contribution in [3.8, 4) is 0 Å². The van der Waals surface area contributed by atoms with Crippen LogP contribution in [0.3, 0.4) is 0 Å². The number of halogens is 1. The van der Waals surface area contributed by atoms with Gasteiger partial charge in [0.25, 0.3) is 0 Å². The fourth-order valence-electron chi connectivity index (χ4n) is 1.97. The lowest BCUT2D eigenvalue weighted by Gasteiger charge is -2.15. The van der Waals surface area contributed by atoms with Crippen molar-refractivity contribution < 1.29 is 13.9 Å². The molecule has 1 N–H and O–H groups in total. The second-order valence-corrected chi connectivity index (χ2v) is 5.97. The maximum atomic E-state index is 11.5. The van der Waals surface area contributed by atoms with Crippen molar-refractivity contribution in [1.29, 1.82) is 0 Å². The molecule has 0 radical (unpaired) electrons. The SMILES string of the molecule is CCCNC(c1ccc(C(=O)OC)o1)c1scc(C)c1Cl. The van der Waals surface area contributed by atoms with Crippen LogP contribution < -0.4 is 5.32 Å². The molecule has 0 aromatic carbocycles. The van der Waals surface area contributed by atoms with Crippen LogP contribution in [0.2, 0.25) is 5.02 Å². The maximum Gasteiger partial charge on any atom is 0.373 e. The summed E-state index contributed by atoms with van der Waals surface area (Å²) in [7, 11) is 1.33. The van der Waals surface area contributed by atoms with Gasteiger partial charge in [-0.3, -0.25) is 0 Å². The molecule has 0 aliphatic carbocycles. The molecule has 0 bridgehead atoms. The zero-order chi connectivity index (χ0) is 15.4. The first kappa shape index (κ1) is 16.1. The lowest BCUT2D eigenvalue weighted by atomic mass is 10.1. The third-order valence-electron chi connectivity index (χ3n) is 3.08. The fraction of sp³-hybridized carbons (Fsp3) is 0.400. The molecule has 0 saturated heterocycles. The summed E-state index contributed by atoms with van der Waals surface area (Å²) in [5, 5.41) is 6.16. The smallest absolute Gasteiger partial charge is 0.373 e. The lowest BCUT2D eigenvalue weighted by Crippen LogP contribution is -2.22. The number of ether oxygens (including phenoxy) is 1. The first-order chi connectivity index (χ1) is 10.1. The highest BCUT2D eigenvalue weighted by atomic mass is 35.5. The Morgan fingerprint density at radius 3 is 2.86 bits per heavy atom. The molecule has 21 heavy (non-hydrogen) atoms. The van der Waals surface area contributed by atoms with Crippen LogP contribution in [-0.2, 0) is 4.74 Å². The second-order valence-electron chi connectivity index (χ2n) is 4.68. The van der Waals surface area contributed by atoms with E-state index >= 15 is 0 Å². The van der Waals surface area contributed by atoms with Crippen LogP contribution in [-0.4, -0.2) is 19.6 Å². The Balaban J connectivity index is 2.34. The third-order valence-corrected chi connectivity index (χ3v) is 4.86. The summed E-state index contributed by atoms with van der Waals surface area (Å²) in [5.41, 5.74) is 1.04. The van der Waals surface area contributed by atoms with Gasteiger partial charge in [0.15, 0.2) is 0 Å². The molecule has 0 saturated carbocycles. The number of aryl methyl sites for hydroxylation is 1. The predicted octanol–water partition coefficient (Wildman–Crippen LogP) is 4.18. The predicted molar refractivity (Wildman–Crippen MR) is 84.3 cm³/mol. The van der Waals surface area contributed by atoms with Crippen LogP contribution in [0.1, 0.15) is 46.1 Å². The van der Waals surface area contributed by atoms with E-state index in [1.54, 1.807) is 23.5 Å². The van der Waals surface area contributed by atoms with Gasteiger partial charge in [0, 0.05) is 4.88 Å². The normalized spacial score (nSPS) is 12.4. The average Bonchev–Trinajstić information content (AvgIpc) is 3.09. The summed E-state index contributed by atoms with van der Waals surface area (Å²) >= 11 is 7.95. The van der Waals surface area contributed by atoms with E-state index in [1.165, 1.54) is 7.11 Å². The van der Waals surface area contributed by atoms with Gasteiger partial charge in [0.2, 0.25) is 5.76 Å². The Hall–Kier alpha value is -1.30. The van der Waals surface area contributed by atoms with Crippen LogP contribution >= 0.6 is 22.9 Å². The number of nitrogens with one attached hydrogen (secondary N) is 1. The van der Waals surface area contributed by atoms with Crippen molar-refractivity contribution in [1.82, 2.24) is 5.32 Å². The standard InChI is InChI=1S/C15H18ClNO3S/c1-4-7-17-13(14-12(16)9(2)8-21-14)10-5-6-11(20-10)15(18)19-3/h5-6,8,13,17H,4,7H2,1-3H3. The molecule has 4 nitrogen and oxygen atoms in total. The van der Waals surface area contributed by atoms with Crippen molar-refractivity contribution in [3.63, 3.8) is 0 Å². The first-order valence-electron chi connectivity index (χ1n) is 6.73. The van der Waals surface area contributed by atoms with E-state index in [2.05, 4.69) is 17.0 Å². The molecule has 6 heteroatoms. The molecule has 0 aliphatic rings. The van der Waals surface area contributed by atoms with E-state index in [9.17, 15) is 4.79 Å². The summed E-state index contributed by atoms with van der Waals surface area (Å²) in [6.45, 7) is 4.89. The van der Waals surface area contributed by atoms with Gasteiger partial charge in [-0.15, -0.1) is 11.3 Å². The van der Waals surface area contributed by atoms with E-state index < -0.39 is 5.97 Å². The number of carbonyl (C=O) groups excluding carboxylic acids is 1. The number of hydrogen-bond acceptors (Lipinski definition) is 5. The third kappa shape index (κ3) is 3.48. The van der Waals surface area contributed by atoms with Gasteiger partial charge in [-0.05, 0) is 43.0 Å². The van der Waals surface area contributed by atoms with Gasteiger partial charge >= 0.3 is 5.97 Å². The molecule has 1 atom stereocenters. The van der Waals surface area contributed by atoms with Crippen LogP contribution in [0.15, 0.2) is 21.9 Å². The maximum absolute atomic E-state index is 11.5. The molecule has 2 aromatic rings. The molecule has 2 heterocycles. The van der Waals surface area contributed by atoms with Crippen LogP contribution in [0.25, 0.3) is 0 Å². The Morgan fingerprint density at radius 2 is 2.29 bits per heavy atom. The topological polar surface area (TPSA) is 51.5 Å². The molecule has 0 aliphatic heterocycles. The van der Waals surface area contributed by atoms with Crippen LogP contribution in [0.5, 0.6) is 0 Å². The molecular formula is C15H18ClNO3S. The molecule has 0 spiro atoms. The zero-order valence-electron chi connectivity index (χ0n) is 12.2. The largest absolute Gasteiger partial charge is 0.463 e. The number of thiophene rings is 1. The minimum absolute atomic E-state index is 0.158. The highest BCUT2D eigenvalue weighted by Gasteiger charge is 2.24. The molecule has 2 rings (SSSR count). The summed E-state index contributed by atoms with van der Waals surface area (Å²) in [6, 6.07) is 3.25. The number of esters is 1. The summed E-state index contributed by atoms with van der Waals surface area (Å²) < 4.78 is 10.3. The monoisotopic (exact) mass is 327 g/mol. The van der Waals surface area contributed by atoms with Crippen molar-refractivity contribution in [2.24, 2.45) is 0 Å². The quantitative estimate of drug-likeness (QED) is 0.809. The average molecular weight is 328 g/mol. The van der Waals surface area contributed by atoms with Crippen molar-refractivity contribution >= 4 is 28.9 Å². The van der Waals surface area contributed by atoms with Crippen LogP contribution in [0.4, 0.5) is 0 Å². The van der Waals surface area contributed by atoms with Crippen LogP contribution in [0, 0.1) is 6.92 Å². The van der Waals surface area contributed by atoms with Crippen molar-refractivity contribution in [2.75, 3.05) is 13.7 Å². The van der Waals surface area contributed by atoms with Gasteiger partial charge in [0.1, 0.15) is 11.8 Å². The molecule has 0 amide bonds. The minimum atomic E-state index is -0.482. The number of hydrogen-bond donors (Lipinski definition) is 1. The van der Waals surface area contributed by atoms with Crippen molar-refractivity contribution in [3.05, 3.63) is 44.5 Å². The van der Waals surface area contributed by atoms with Gasteiger partial charge in [-0.1, -0.05) is 18.5 Å². The van der Waals surface area contributed by atoms with Gasteiger partial charge in [-0.25, -0.2) is 4.79 Å². The highest BCUT2D eigenvalue weighted by Crippen LogP contribution is 2.36. The van der Waals surface area contributed by atoms with E-state index in [-0.39, 0.29) is 11.8 Å². The Morgan fingerprint density at radius 1 is 1.52 bits per heavy atom. The van der Waals surface area contributed by atoms with E-state index in [4.69, 9.17) is 16.0 Å². The Bertz CT molecular complexity index is 620. The lowest BCUT2D eigenvalue weighted by molar-refractivity contribution is 0.0562. The van der Waals surface area contributed by atoms with E-state index in [0.717, 1.165) is 28.4 Å². The zero-order valence-corrected chi connectivity index (χ0v) is 13.8. The second kappa shape index (κ2) is 7.11. The number of rotatable bonds is 6. The van der Waals surface area contributed by atoms with Crippen molar-refractivity contribution in [2.45, 2.75) is 26.3 Å². The van der Waals surface area contributed by atoms with Gasteiger partial charge in [-0.2, -0.15) is 0 Å². The highest BCUT2D eigenvalue weighted by molar-refractivity contribution is 7.10. The number of methoxy groups -OCH3 is 1. The molecule has 114 valence electrons. The summed E-state index contributed by atoms with van der Waals surface area (Å²) in [6.07, 6.45) is 0.989. The van der Waals surface area contributed by atoms with E-state index in [0.29, 0.717) is 5.76 Å². The first-order valence-corrected chi connectivity index (χ1v) is 7.99. The number of furan rings is 1. The number of carbonyl (C=O) groups is 1. The minimum Gasteiger partial charge on any atom is -0.463 e. The van der Waals surface area contributed by atoms with Gasteiger partial charge in [0.05, 0.1) is 12.1 Å². The van der Waals surface area contributed by atoms with E-state index in [1.807, 2.05) is 12.3 Å². The Labute approximate surface area is 133 Å². The molecule has 2 aromatic heterocycles. The molecule has 0 fully saturated rings. The fourth-order valence-corrected chi connectivity index (χ4v) is 3.36. The molecular weight excluding hydrogens is 310 g/mol.